The standard InChI is InChI=1S/C19H14ClN3O2S/c20-13-5-3-6-14(11-13)21-18(24)23(12-15-7-4-10-25-15)19-22-16-8-1-2-9-17(16)26-19/h1-11H,12H2,(H,21,24). The van der Waals surface area contributed by atoms with Crippen LogP contribution in [0.3, 0.4) is 0 Å². The van der Waals surface area contributed by atoms with Crippen molar-refractivity contribution < 1.29 is 9.21 Å². The van der Waals surface area contributed by atoms with Crippen LogP contribution in [0.2, 0.25) is 5.02 Å². The average Bonchev–Trinajstić information content (AvgIpc) is 3.28. The zero-order valence-corrected chi connectivity index (χ0v) is 15.1. The average molecular weight is 384 g/mol. The van der Waals surface area contributed by atoms with E-state index in [1.165, 1.54) is 11.3 Å². The normalized spacial score (nSPS) is 10.8. The highest BCUT2D eigenvalue weighted by Gasteiger charge is 2.21. The molecule has 1 N–H and O–H groups in total. The molecular formula is C19H14ClN3O2S. The molecule has 4 aromatic rings. The number of thiazole rings is 1. The maximum Gasteiger partial charge on any atom is 0.328 e. The van der Waals surface area contributed by atoms with Crippen LogP contribution in [0.5, 0.6) is 0 Å². The molecule has 2 heterocycles. The zero-order chi connectivity index (χ0) is 17.9. The first-order valence-corrected chi connectivity index (χ1v) is 9.10. The van der Waals surface area contributed by atoms with Gasteiger partial charge in [-0.1, -0.05) is 41.1 Å². The van der Waals surface area contributed by atoms with E-state index in [2.05, 4.69) is 10.3 Å². The van der Waals surface area contributed by atoms with Gasteiger partial charge in [-0.05, 0) is 42.5 Å². The van der Waals surface area contributed by atoms with Crippen LogP contribution in [0.1, 0.15) is 5.76 Å². The summed E-state index contributed by atoms with van der Waals surface area (Å²) in [6.07, 6.45) is 1.58. The van der Waals surface area contributed by atoms with Crippen LogP contribution in [0, 0.1) is 0 Å². The quantitative estimate of drug-likeness (QED) is 0.485. The number of carbonyl (C=O) groups excluding carboxylic acids is 1. The van der Waals surface area contributed by atoms with Gasteiger partial charge in [0, 0.05) is 10.7 Å². The van der Waals surface area contributed by atoms with Crippen LogP contribution < -0.4 is 10.2 Å². The smallest absolute Gasteiger partial charge is 0.328 e. The van der Waals surface area contributed by atoms with E-state index in [9.17, 15) is 4.79 Å². The molecule has 0 atom stereocenters. The number of nitrogens with one attached hydrogen (secondary N) is 1. The van der Waals surface area contributed by atoms with E-state index in [-0.39, 0.29) is 12.6 Å². The zero-order valence-electron chi connectivity index (χ0n) is 13.6. The highest BCUT2D eigenvalue weighted by molar-refractivity contribution is 7.22. The number of fused-ring (bicyclic) bond motifs is 1. The molecule has 0 radical (unpaired) electrons. The Morgan fingerprint density at radius 1 is 1.15 bits per heavy atom. The minimum atomic E-state index is -0.303. The van der Waals surface area contributed by atoms with E-state index in [0.29, 0.717) is 21.6 Å². The van der Waals surface area contributed by atoms with Crippen LogP contribution in [0.4, 0.5) is 15.6 Å². The molecule has 2 aromatic heterocycles. The third-order valence-electron chi connectivity index (χ3n) is 3.73. The van der Waals surface area contributed by atoms with E-state index >= 15 is 0 Å². The van der Waals surface area contributed by atoms with Gasteiger partial charge in [0.2, 0.25) is 0 Å². The molecule has 130 valence electrons. The van der Waals surface area contributed by atoms with Crippen molar-refractivity contribution >= 4 is 50.0 Å². The van der Waals surface area contributed by atoms with Gasteiger partial charge in [0.05, 0.1) is 23.0 Å². The lowest BCUT2D eigenvalue weighted by atomic mass is 10.3. The summed E-state index contributed by atoms with van der Waals surface area (Å²) < 4.78 is 6.43. The second-order valence-electron chi connectivity index (χ2n) is 5.57. The Kier molecular flexibility index (Phi) is 4.60. The number of hydrogen-bond acceptors (Lipinski definition) is 4. The number of aromatic nitrogens is 1. The number of carbonyl (C=O) groups is 1. The molecule has 2 aromatic carbocycles. The predicted molar refractivity (Wildman–Crippen MR) is 105 cm³/mol. The van der Waals surface area contributed by atoms with Crippen molar-refractivity contribution in [3.8, 4) is 0 Å². The lowest BCUT2D eigenvalue weighted by Crippen LogP contribution is -2.34. The molecular weight excluding hydrogens is 370 g/mol. The molecule has 7 heteroatoms. The number of rotatable bonds is 4. The monoisotopic (exact) mass is 383 g/mol. The van der Waals surface area contributed by atoms with Crippen LogP contribution >= 0.6 is 22.9 Å². The molecule has 0 unspecified atom stereocenters. The number of halogens is 1. The summed E-state index contributed by atoms with van der Waals surface area (Å²) in [5, 5.41) is 4.02. The van der Waals surface area contributed by atoms with Gasteiger partial charge in [-0.15, -0.1) is 0 Å². The Morgan fingerprint density at radius 2 is 2.04 bits per heavy atom. The van der Waals surface area contributed by atoms with Gasteiger partial charge in [0.15, 0.2) is 5.13 Å². The summed E-state index contributed by atoms with van der Waals surface area (Å²) in [5.74, 6) is 0.672. The van der Waals surface area contributed by atoms with E-state index in [4.69, 9.17) is 16.0 Å². The predicted octanol–water partition coefficient (Wildman–Crippen LogP) is 5.78. The Labute approximate surface area is 158 Å². The first kappa shape index (κ1) is 16.6. The summed E-state index contributed by atoms with van der Waals surface area (Å²) in [6, 6.07) is 18.1. The highest BCUT2D eigenvalue weighted by atomic mass is 35.5. The Balaban J connectivity index is 1.66. The molecule has 0 fully saturated rings. The van der Waals surface area contributed by atoms with Gasteiger partial charge in [-0.25, -0.2) is 9.78 Å². The summed E-state index contributed by atoms with van der Waals surface area (Å²) >= 11 is 7.46. The number of amides is 2. The Morgan fingerprint density at radius 3 is 2.81 bits per heavy atom. The van der Waals surface area contributed by atoms with E-state index in [0.717, 1.165) is 10.2 Å². The van der Waals surface area contributed by atoms with Gasteiger partial charge >= 0.3 is 6.03 Å². The molecule has 2 amide bonds. The van der Waals surface area contributed by atoms with Crippen LogP contribution in [-0.2, 0) is 6.54 Å². The van der Waals surface area contributed by atoms with Crippen molar-refractivity contribution in [3.63, 3.8) is 0 Å². The van der Waals surface area contributed by atoms with Crippen LogP contribution in [0.25, 0.3) is 10.2 Å². The molecule has 0 aliphatic carbocycles. The third-order valence-corrected chi connectivity index (χ3v) is 5.02. The number of furan rings is 1. The van der Waals surface area contributed by atoms with Gasteiger partial charge in [0.1, 0.15) is 5.76 Å². The molecule has 5 nitrogen and oxygen atoms in total. The molecule has 0 aliphatic rings. The fourth-order valence-corrected chi connectivity index (χ4v) is 3.67. The number of hydrogen-bond donors (Lipinski definition) is 1. The number of para-hydroxylation sites is 1. The van der Waals surface area contributed by atoms with Crippen molar-refractivity contribution in [2.24, 2.45) is 0 Å². The SMILES string of the molecule is O=C(Nc1cccc(Cl)c1)N(Cc1ccco1)c1nc2ccccc2s1. The number of urea groups is 1. The summed E-state index contributed by atoms with van der Waals surface area (Å²) in [6.45, 7) is 0.277. The van der Waals surface area contributed by atoms with Crippen molar-refractivity contribution in [3.05, 3.63) is 77.7 Å². The van der Waals surface area contributed by atoms with Crippen molar-refractivity contribution in [2.45, 2.75) is 6.54 Å². The van der Waals surface area contributed by atoms with Crippen LogP contribution in [-0.4, -0.2) is 11.0 Å². The highest BCUT2D eigenvalue weighted by Crippen LogP contribution is 2.30. The summed E-state index contributed by atoms with van der Waals surface area (Å²) in [4.78, 5) is 19.1. The number of benzene rings is 2. The molecule has 0 aliphatic heterocycles. The van der Waals surface area contributed by atoms with Gasteiger partial charge < -0.3 is 9.73 Å². The van der Waals surface area contributed by atoms with Gasteiger partial charge in [-0.2, -0.15) is 0 Å². The van der Waals surface area contributed by atoms with Crippen molar-refractivity contribution in [1.82, 2.24) is 4.98 Å². The lowest BCUT2D eigenvalue weighted by Gasteiger charge is -2.19. The van der Waals surface area contributed by atoms with Crippen molar-refractivity contribution in [1.29, 1.82) is 0 Å². The number of nitrogens with zero attached hydrogens (tertiary/aromatic N) is 2. The second-order valence-corrected chi connectivity index (χ2v) is 7.02. The van der Waals surface area contributed by atoms with Gasteiger partial charge in [0.25, 0.3) is 0 Å². The van der Waals surface area contributed by atoms with E-state index in [1.807, 2.05) is 30.3 Å². The summed E-state index contributed by atoms with van der Waals surface area (Å²) in [7, 11) is 0. The molecule has 26 heavy (non-hydrogen) atoms. The molecule has 0 saturated carbocycles. The first-order valence-electron chi connectivity index (χ1n) is 7.91. The number of anilines is 2. The lowest BCUT2D eigenvalue weighted by molar-refractivity contribution is 0.256. The first-order chi connectivity index (χ1) is 12.7. The maximum atomic E-state index is 12.9. The molecule has 0 spiro atoms. The summed E-state index contributed by atoms with van der Waals surface area (Å²) in [5.41, 5.74) is 1.47. The van der Waals surface area contributed by atoms with E-state index in [1.54, 1.807) is 41.5 Å². The van der Waals surface area contributed by atoms with Gasteiger partial charge in [-0.3, -0.25) is 4.90 Å². The largest absolute Gasteiger partial charge is 0.467 e. The molecule has 0 bridgehead atoms. The molecule has 0 saturated heterocycles. The Hall–Kier alpha value is -2.83. The maximum absolute atomic E-state index is 12.9. The minimum Gasteiger partial charge on any atom is -0.467 e. The third kappa shape index (κ3) is 3.56. The minimum absolute atomic E-state index is 0.277. The molecule has 4 rings (SSSR count). The van der Waals surface area contributed by atoms with Crippen LogP contribution in [0.15, 0.2) is 71.3 Å². The second kappa shape index (κ2) is 7.19. The fraction of sp³-hybridized carbons (Fsp3) is 0.0526. The van der Waals surface area contributed by atoms with E-state index < -0.39 is 0 Å². The topological polar surface area (TPSA) is 58.4 Å². The van der Waals surface area contributed by atoms with Crippen molar-refractivity contribution in [2.75, 3.05) is 10.2 Å². The fourth-order valence-electron chi connectivity index (χ4n) is 2.52. The Bertz CT molecular complexity index is 1010.